The zero-order chi connectivity index (χ0) is 23.0. The molecule has 2 atom stereocenters. The molecule has 0 bridgehead atoms. The number of piperidine rings is 2. The highest BCUT2D eigenvalue weighted by Crippen LogP contribution is 2.33. The Morgan fingerprint density at radius 1 is 1.19 bits per heavy atom. The number of aromatic nitrogens is 1. The van der Waals surface area contributed by atoms with Crippen molar-refractivity contribution in [1.82, 2.24) is 15.0 Å². The molecule has 2 fully saturated rings. The molecule has 4 rings (SSSR count). The van der Waals surface area contributed by atoms with Gasteiger partial charge >= 0.3 is 6.18 Å². The van der Waals surface area contributed by atoms with Gasteiger partial charge in [-0.25, -0.2) is 0 Å². The molecule has 2 aliphatic heterocycles. The number of aryl methyl sites for hydroxylation is 2. The van der Waals surface area contributed by atoms with E-state index in [-0.39, 0.29) is 29.9 Å². The maximum atomic E-state index is 13.1. The van der Waals surface area contributed by atoms with E-state index in [1.165, 1.54) is 12.1 Å². The zero-order valence-corrected chi connectivity index (χ0v) is 18.1. The summed E-state index contributed by atoms with van der Waals surface area (Å²) >= 11 is 0. The van der Waals surface area contributed by atoms with Gasteiger partial charge in [-0.05, 0) is 57.2 Å². The predicted molar refractivity (Wildman–Crippen MR) is 110 cm³/mol. The van der Waals surface area contributed by atoms with Crippen LogP contribution in [0.1, 0.15) is 52.2 Å². The first kappa shape index (κ1) is 22.4. The van der Waals surface area contributed by atoms with Crippen molar-refractivity contribution >= 4 is 11.8 Å². The van der Waals surface area contributed by atoms with Gasteiger partial charge in [0.1, 0.15) is 5.76 Å². The lowest BCUT2D eigenvalue weighted by molar-refractivity contribution is -0.138. The fourth-order valence-corrected chi connectivity index (χ4v) is 4.92. The van der Waals surface area contributed by atoms with Crippen molar-refractivity contribution in [3.8, 4) is 0 Å². The lowest BCUT2D eigenvalue weighted by Crippen LogP contribution is -2.57. The van der Waals surface area contributed by atoms with Crippen LogP contribution in [-0.4, -0.2) is 52.4 Å². The first-order chi connectivity index (χ1) is 15.1. The predicted octanol–water partition coefficient (Wildman–Crippen LogP) is 4.01. The minimum Gasteiger partial charge on any atom is -0.361 e. The fourth-order valence-electron chi connectivity index (χ4n) is 4.92. The molecule has 9 heteroatoms. The van der Waals surface area contributed by atoms with Gasteiger partial charge in [0.15, 0.2) is 0 Å². The van der Waals surface area contributed by atoms with Crippen LogP contribution in [0.15, 0.2) is 28.8 Å². The molecule has 3 heterocycles. The molecule has 32 heavy (non-hydrogen) atoms. The minimum absolute atomic E-state index is 0.0201. The number of likely N-dealkylation sites (tertiary alicyclic amines) is 2. The first-order valence-corrected chi connectivity index (χ1v) is 10.8. The Morgan fingerprint density at radius 3 is 2.66 bits per heavy atom. The van der Waals surface area contributed by atoms with Crippen molar-refractivity contribution in [2.24, 2.45) is 5.92 Å². The van der Waals surface area contributed by atoms with E-state index >= 15 is 0 Å². The van der Waals surface area contributed by atoms with Crippen LogP contribution in [-0.2, 0) is 17.4 Å². The topological polar surface area (TPSA) is 66.7 Å². The van der Waals surface area contributed by atoms with Crippen molar-refractivity contribution in [1.29, 1.82) is 0 Å². The molecule has 6 nitrogen and oxygen atoms in total. The van der Waals surface area contributed by atoms with Crippen LogP contribution in [0.5, 0.6) is 0 Å². The van der Waals surface area contributed by atoms with Gasteiger partial charge in [-0.1, -0.05) is 11.2 Å². The molecule has 2 aliphatic rings. The Hall–Kier alpha value is -2.84. The third-order valence-electron chi connectivity index (χ3n) is 6.62. The van der Waals surface area contributed by atoms with Gasteiger partial charge in [-0.15, -0.1) is 0 Å². The van der Waals surface area contributed by atoms with E-state index in [0.29, 0.717) is 37.5 Å². The molecule has 1 aromatic carbocycles. The van der Waals surface area contributed by atoms with Gasteiger partial charge in [-0.3, -0.25) is 9.59 Å². The number of hydrogen-bond acceptors (Lipinski definition) is 4. The average molecular weight is 449 g/mol. The summed E-state index contributed by atoms with van der Waals surface area (Å²) in [5.74, 6) is 0.382. The van der Waals surface area contributed by atoms with Gasteiger partial charge in [0, 0.05) is 36.8 Å². The summed E-state index contributed by atoms with van der Waals surface area (Å²) in [6.07, 6.45) is -1.93. The Bertz CT molecular complexity index is 998. The van der Waals surface area contributed by atoms with Crippen molar-refractivity contribution < 1.29 is 27.3 Å². The largest absolute Gasteiger partial charge is 0.416 e. The second-order valence-electron chi connectivity index (χ2n) is 8.65. The number of amides is 2. The lowest BCUT2D eigenvalue weighted by Gasteiger charge is -2.47. The normalized spacial score (nSPS) is 21.4. The summed E-state index contributed by atoms with van der Waals surface area (Å²) in [5, 5.41) is 3.91. The van der Waals surface area contributed by atoms with Crippen LogP contribution in [0.2, 0.25) is 0 Å². The van der Waals surface area contributed by atoms with Gasteiger partial charge in [0.05, 0.1) is 17.7 Å². The van der Waals surface area contributed by atoms with Crippen molar-refractivity contribution in [3.05, 3.63) is 52.4 Å². The van der Waals surface area contributed by atoms with Crippen LogP contribution in [0.4, 0.5) is 13.2 Å². The molecule has 172 valence electrons. The van der Waals surface area contributed by atoms with E-state index in [1.54, 1.807) is 11.8 Å². The SMILES string of the molecule is Cc1noc(C)c1CC(=O)N1CCC[C@@H]2CN(C(=O)c3cccc(C(F)(F)F)c3)CC[C@H]21. The molecule has 2 saturated heterocycles. The van der Waals surface area contributed by atoms with E-state index in [1.807, 2.05) is 11.8 Å². The van der Waals surface area contributed by atoms with Crippen molar-refractivity contribution in [2.75, 3.05) is 19.6 Å². The smallest absolute Gasteiger partial charge is 0.361 e. The molecule has 1 aromatic heterocycles. The highest BCUT2D eigenvalue weighted by molar-refractivity contribution is 5.94. The van der Waals surface area contributed by atoms with E-state index in [4.69, 9.17) is 4.52 Å². The number of rotatable bonds is 3. The van der Waals surface area contributed by atoms with Crippen molar-refractivity contribution in [3.63, 3.8) is 0 Å². The maximum absolute atomic E-state index is 13.1. The number of carbonyl (C=O) groups excluding carboxylic acids is 2. The summed E-state index contributed by atoms with van der Waals surface area (Å²) in [6, 6.07) is 4.59. The molecule has 2 aromatic rings. The molecular formula is C23H26F3N3O3. The molecular weight excluding hydrogens is 423 g/mol. The highest BCUT2D eigenvalue weighted by Gasteiger charge is 2.40. The van der Waals surface area contributed by atoms with E-state index < -0.39 is 17.6 Å². The number of hydrogen-bond donors (Lipinski definition) is 0. The van der Waals surface area contributed by atoms with Crippen LogP contribution in [0.3, 0.4) is 0 Å². The zero-order valence-electron chi connectivity index (χ0n) is 18.1. The number of nitrogens with zero attached hydrogens (tertiary/aromatic N) is 3. The third kappa shape index (κ3) is 4.38. The fraction of sp³-hybridized carbons (Fsp3) is 0.522. The Balaban J connectivity index is 1.44. The molecule has 2 amide bonds. The molecule has 0 spiro atoms. The minimum atomic E-state index is -4.49. The van der Waals surface area contributed by atoms with Gasteiger partial charge in [-0.2, -0.15) is 13.2 Å². The van der Waals surface area contributed by atoms with Crippen molar-refractivity contribution in [2.45, 2.75) is 51.7 Å². The van der Waals surface area contributed by atoms with Gasteiger partial charge in [0.2, 0.25) is 5.91 Å². The third-order valence-corrected chi connectivity index (χ3v) is 6.62. The number of alkyl halides is 3. The average Bonchev–Trinajstić information content (AvgIpc) is 3.09. The Labute approximate surface area is 184 Å². The van der Waals surface area contributed by atoms with Crippen LogP contribution in [0.25, 0.3) is 0 Å². The van der Waals surface area contributed by atoms with Crippen LogP contribution >= 0.6 is 0 Å². The molecule has 0 saturated carbocycles. The number of benzene rings is 1. The molecule has 0 radical (unpaired) electrons. The first-order valence-electron chi connectivity index (χ1n) is 10.8. The summed E-state index contributed by atoms with van der Waals surface area (Å²) < 4.78 is 44.2. The Morgan fingerprint density at radius 2 is 1.97 bits per heavy atom. The second kappa shape index (κ2) is 8.60. The van der Waals surface area contributed by atoms with Gasteiger partial charge in [0.25, 0.3) is 5.91 Å². The highest BCUT2D eigenvalue weighted by atomic mass is 19.4. The summed E-state index contributed by atoms with van der Waals surface area (Å²) in [6.45, 7) is 5.13. The summed E-state index contributed by atoms with van der Waals surface area (Å²) in [7, 11) is 0. The molecule has 0 N–H and O–H groups in total. The van der Waals surface area contributed by atoms with E-state index in [2.05, 4.69) is 5.16 Å². The number of halogens is 3. The molecule has 0 aliphatic carbocycles. The van der Waals surface area contributed by atoms with Crippen LogP contribution in [0, 0.1) is 19.8 Å². The van der Waals surface area contributed by atoms with Crippen LogP contribution < -0.4 is 0 Å². The summed E-state index contributed by atoms with van der Waals surface area (Å²) in [5.41, 5.74) is 0.743. The number of carbonyl (C=O) groups is 2. The summed E-state index contributed by atoms with van der Waals surface area (Å²) in [4.78, 5) is 29.5. The molecule has 0 unspecified atom stereocenters. The number of fused-ring (bicyclic) bond motifs is 1. The standard InChI is InChI=1S/C23H26F3N3O3/c1-14-19(15(2)32-27-14)12-21(30)29-9-4-6-17-13-28(10-8-20(17)29)22(31)16-5-3-7-18(11-16)23(24,25)26/h3,5,7,11,17,20H,4,6,8-10,12-13H2,1-2H3/t17-,20-/m1/s1. The van der Waals surface area contributed by atoms with Gasteiger partial charge < -0.3 is 14.3 Å². The quantitative estimate of drug-likeness (QED) is 0.710. The van der Waals surface area contributed by atoms with E-state index in [9.17, 15) is 22.8 Å². The monoisotopic (exact) mass is 449 g/mol. The second-order valence-corrected chi connectivity index (χ2v) is 8.65. The van der Waals surface area contributed by atoms with E-state index in [0.717, 1.165) is 30.5 Å². The Kier molecular flexibility index (Phi) is 6.01. The lowest BCUT2D eigenvalue weighted by atomic mass is 9.83. The maximum Gasteiger partial charge on any atom is 0.416 e.